The van der Waals surface area contributed by atoms with Crippen molar-refractivity contribution in [2.75, 3.05) is 6.61 Å². The number of aromatic amines is 1. The predicted octanol–water partition coefficient (Wildman–Crippen LogP) is 1.66. The number of ketones is 1. The summed E-state index contributed by atoms with van der Waals surface area (Å²) in [5, 5.41) is 5.57. The number of ether oxygens (including phenoxy) is 1. The molecule has 1 aromatic rings. The number of nitrogens with one attached hydrogen (secondary N) is 3. The maximum atomic E-state index is 12.9. The molecule has 2 amide bonds. The fourth-order valence-corrected chi connectivity index (χ4v) is 2.79. The summed E-state index contributed by atoms with van der Waals surface area (Å²) in [4.78, 5) is 40.0. The summed E-state index contributed by atoms with van der Waals surface area (Å²) in [6.07, 6.45) is 3.32. The maximum absolute atomic E-state index is 12.9. The van der Waals surface area contributed by atoms with Crippen molar-refractivity contribution >= 4 is 17.6 Å². The van der Waals surface area contributed by atoms with Crippen LogP contribution >= 0.6 is 0 Å². The molecule has 7 nitrogen and oxygen atoms in total. The Balaban J connectivity index is 2.14. The molecule has 1 saturated heterocycles. The third-order valence-electron chi connectivity index (χ3n) is 5.38. The molecule has 2 rings (SSSR count). The van der Waals surface area contributed by atoms with E-state index in [4.69, 9.17) is 4.74 Å². The molecule has 1 fully saturated rings. The molecule has 2 heterocycles. The Bertz CT molecular complexity index is 652. The van der Waals surface area contributed by atoms with Gasteiger partial charge in [-0.15, -0.1) is 0 Å². The molecule has 1 aromatic heterocycles. The van der Waals surface area contributed by atoms with Crippen molar-refractivity contribution in [2.24, 2.45) is 11.3 Å². The van der Waals surface area contributed by atoms with Crippen LogP contribution in [0.3, 0.4) is 0 Å². The molecular weight excluding hydrogens is 334 g/mol. The van der Waals surface area contributed by atoms with Crippen molar-refractivity contribution in [1.29, 1.82) is 0 Å². The number of H-pyrrole nitrogens is 1. The lowest BCUT2D eigenvalue weighted by Gasteiger charge is -2.33. The number of Topliss-reactive ketones (excluding diaryl/α,β-unsaturated/α-hetero) is 1. The van der Waals surface area contributed by atoms with Crippen molar-refractivity contribution in [3.63, 3.8) is 0 Å². The average molecular weight is 363 g/mol. The molecule has 3 N–H and O–H groups in total. The van der Waals surface area contributed by atoms with Gasteiger partial charge in [0.05, 0.1) is 11.7 Å². The van der Waals surface area contributed by atoms with Crippen LogP contribution in [0, 0.1) is 11.3 Å². The van der Waals surface area contributed by atoms with E-state index in [-0.39, 0.29) is 35.7 Å². The highest BCUT2D eigenvalue weighted by Gasteiger charge is 2.37. The summed E-state index contributed by atoms with van der Waals surface area (Å²) in [6, 6.07) is 0.237. The van der Waals surface area contributed by atoms with Crippen molar-refractivity contribution in [2.45, 2.75) is 59.2 Å². The number of carbonyl (C=O) groups excluding carboxylic acids is 3. The Morgan fingerprint density at radius 3 is 2.58 bits per heavy atom. The summed E-state index contributed by atoms with van der Waals surface area (Å²) in [5.41, 5.74) is 0.286. The van der Waals surface area contributed by atoms with Gasteiger partial charge in [-0.3, -0.25) is 14.4 Å². The van der Waals surface area contributed by atoms with Gasteiger partial charge in [0.15, 0.2) is 5.78 Å². The quantitative estimate of drug-likeness (QED) is 0.686. The van der Waals surface area contributed by atoms with E-state index in [1.165, 1.54) is 0 Å². The van der Waals surface area contributed by atoms with E-state index >= 15 is 0 Å². The van der Waals surface area contributed by atoms with Crippen LogP contribution in [0.4, 0.5) is 0 Å². The molecule has 7 heteroatoms. The van der Waals surface area contributed by atoms with Gasteiger partial charge in [-0.05, 0) is 30.7 Å². The molecule has 0 radical (unpaired) electrons. The normalized spacial score (nSPS) is 21.7. The number of carbonyl (C=O) groups is 3. The summed E-state index contributed by atoms with van der Waals surface area (Å²) < 4.78 is 5.28. The zero-order chi connectivity index (χ0) is 19.5. The van der Waals surface area contributed by atoms with Gasteiger partial charge in [0.2, 0.25) is 5.91 Å². The molecule has 1 unspecified atom stereocenters. The van der Waals surface area contributed by atoms with E-state index in [9.17, 15) is 14.4 Å². The van der Waals surface area contributed by atoms with Crippen LogP contribution in [-0.4, -0.2) is 47.4 Å². The predicted molar refractivity (Wildman–Crippen MR) is 97.6 cm³/mol. The highest BCUT2D eigenvalue weighted by atomic mass is 16.5. The van der Waals surface area contributed by atoms with Crippen LogP contribution in [0.5, 0.6) is 0 Å². The van der Waals surface area contributed by atoms with E-state index in [1.54, 1.807) is 25.4 Å². The number of hydrogen-bond donors (Lipinski definition) is 3. The van der Waals surface area contributed by atoms with Gasteiger partial charge < -0.3 is 20.4 Å². The largest absolute Gasteiger partial charge is 0.368 e. The average Bonchev–Trinajstić information content (AvgIpc) is 3.19. The Hall–Kier alpha value is -2.15. The first-order valence-electron chi connectivity index (χ1n) is 9.00. The van der Waals surface area contributed by atoms with Crippen LogP contribution in [0.25, 0.3) is 0 Å². The Labute approximate surface area is 154 Å². The molecule has 1 aliphatic rings. The van der Waals surface area contributed by atoms with Crippen LogP contribution in [0.15, 0.2) is 18.5 Å². The van der Waals surface area contributed by atoms with Crippen molar-refractivity contribution < 1.29 is 19.1 Å². The summed E-state index contributed by atoms with van der Waals surface area (Å²) in [6.45, 7) is 10.0. The maximum Gasteiger partial charge on any atom is 0.253 e. The van der Waals surface area contributed by atoms with Gasteiger partial charge in [0.25, 0.3) is 5.91 Å². The fraction of sp³-hybridized carbons (Fsp3) is 0.632. The van der Waals surface area contributed by atoms with Crippen LogP contribution in [-0.2, 0) is 14.3 Å². The third-order valence-corrected chi connectivity index (χ3v) is 5.38. The molecule has 0 spiro atoms. The zero-order valence-corrected chi connectivity index (χ0v) is 16.1. The van der Waals surface area contributed by atoms with Gasteiger partial charge in [0.1, 0.15) is 18.7 Å². The second kappa shape index (κ2) is 8.03. The first kappa shape index (κ1) is 20.2. The number of hydrogen-bond acceptors (Lipinski definition) is 4. The highest BCUT2D eigenvalue weighted by Crippen LogP contribution is 2.31. The van der Waals surface area contributed by atoms with Crippen molar-refractivity contribution in [3.05, 3.63) is 24.0 Å². The number of rotatable bonds is 7. The lowest BCUT2D eigenvalue weighted by molar-refractivity contribution is -0.128. The molecule has 0 bridgehead atoms. The van der Waals surface area contributed by atoms with Gasteiger partial charge in [-0.1, -0.05) is 27.7 Å². The second-order valence-corrected chi connectivity index (χ2v) is 7.94. The summed E-state index contributed by atoms with van der Waals surface area (Å²) in [7, 11) is 0. The Morgan fingerprint density at radius 2 is 2.08 bits per heavy atom. The molecule has 0 aliphatic carbocycles. The highest BCUT2D eigenvalue weighted by molar-refractivity contribution is 5.98. The molecule has 1 aliphatic heterocycles. The van der Waals surface area contributed by atoms with E-state index in [0.29, 0.717) is 17.9 Å². The van der Waals surface area contributed by atoms with E-state index in [0.717, 1.165) is 0 Å². The Morgan fingerprint density at radius 1 is 1.38 bits per heavy atom. The minimum atomic E-state index is -0.740. The van der Waals surface area contributed by atoms with Crippen LogP contribution < -0.4 is 10.6 Å². The third kappa shape index (κ3) is 4.72. The molecule has 3 atom stereocenters. The van der Waals surface area contributed by atoms with Crippen LogP contribution in [0.2, 0.25) is 0 Å². The van der Waals surface area contributed by atoms with Gasteiger partial charge in [0, 0.05) is 12.4 Å². The second-order valence-electron chi connectivity index (χ2n) is 7.94. The first-order valence-corrected chi connectivity index (χ1v) is 9.00. The van der Waals surface area contributed by atoms with E-state index < -0.39 is 12.1 Å². The standard InChI is InChI=1S/C19H29N3O4/c1-11(2)19(4,5)8-14(21-17(24)13-6-7-20-9-13)18(25)22-16-12(3)26-10-15(16)23/h6-7,9,11-12,14,16,20H,8,10H2,1-5H3,(H,21,24)(H,22,25)/t12-,14?,16-/m0/s1. The SMILES string of the molecule is CC(C)C(C)(C)CC(NC(=O)c1cc[nH]c1)C(=O)N[C@@H]1C(=O)CO[C@H]1C. The monoisotopic (exact) mass is 363 g/mol. The lowest BCUT2D eigenvalue weighted by Crippen LogP contribution is -2.54. The number of amides is 2. The fourth-order valence-electron chi connectivity index (χ4n) is 2.79. The lowest BCUT2D eigenvalue weighted by atomic mass is 9.76. The Kier molecular flexibility index (Phi) is 6.23. The van der Waals surface area contributed by atoms with E-state index in [2.05, 4.69) is 43.3 Å². The molecule has 26 heavy (non-hydrogen) atoms. The minimum Gasteiger partial charge on any atom is -0.368 e. The van der Waals surface area contributed by atoms with Gasteiger partial charge in [-0.25, -0.2) is 0 Å². The topological polar surface area (TPSA) is 100 Å². The molecular formula is C19H29N3O4. The van der Waals surface area contributed by atoms with Gasteiger partial charge >= 0.3 is 0 Å². The van der Waals surface area contributed by atoms with Gasteiger partial charge in [-0.2, -0.15) is 0 Å². The summed E-state index contributed by atoms with van der Waals surface area (Å²) in [5.74, 6) is -0.520. The molecule has 0 saturated carbocycles. The van der Waals surface area contributed by atoms with E-state index in [1.807, 2.05) is 0 Å². The molecule has 0 aromatic carbocycles. The van der Waals surface area contributed by atoms with Crippen molar-refractivity contribution in [3.8, 4) is 0 Å². The zero-order valence-electron chi connectivity index (χ0n) is 16.1. The number of aromatic nitrogens is 1. The first-order chi connectivity index (χ1) is 12.1. The van der Waals surface area contributed by atoms with Crippen molar-refractivity contribution in [1.82, 2.24) is 15.6 Å². The van der Waals surface area contributed by atoms with Crippen LogP contribution in [0.1, 0.15) is 51.4 Å². The molecule has 144 valence electrons. The minimum absolute atomic E-state index is 0.00394. The smallest absolute Gasteiger partial charge is 0.253 e. The summed E-state index contributed by atoms with van der Waals surface area (Å²) >= 11 is 0.